The van der Waals surface area contributed by atoms with Gasteiger partial charge in [-0.25, -0.2) is 8.42 Å². The standard InChI is InChI=1S/C11H19N3O2S/c1-13-4-6-14(7-5-13)11(10-12)2-8-17(15,16)9-3-11/h2-9H2,1H3. The Balaban J connectivity index is 2.09. The van der Waals surface area contributed by atoms with Crippen LogP contribution in [0.4, 0.5) is 0 Å². The molecule has 0 amide bonds. The molecule has 0 radical (unpaired) electrons. The van der Waals surface area contributed by atoms with E-state index in [1.165, 1.54) is 0 Å². The third-order valence-corrected chi connectivity index (χ3v) is 5.62. The van der Waals surface area contributed by atoms with E-state index >= 15 is 0 Å². The Hall–Kier alpha value is -0.640. The third kappa shape index (κ3) is 2.62. The van der Waals surface area contributed by atoms with E-state index in [2.05, 4.69) is 22.9 Å². The highest BCUT2D eigenvalue weighted by atomic mass is 32.2. The van der Waals surface area contributed by atoms with E-state index < -0.39 is 15.4 Å². The summed E-state index contributed by atoms with van der Waals surface area (Å²) >= 11 is 0. The van der Waals surface area contributed by atoms with Crippen molar-refractivity contribution in [2.75, 3.05) is 44.7 Å². The van der Waals surface area contributed by atoms with Gasteiger partial charge in [-0.15, -0.1) is 0 Å². The van der Waals surface area contributed by atoms with E-state index in [0.717, 1.165) is 26.2 Å². The average molecular weight is 257 g/mol. The molecule has 0 N–H and O–H groups in total. The van der Waals surface area contributed by atoms with Crippen LogP contribution in [0.3, 0.4) is 0 Å². The lowest BCUT2D eigenvalue weighted by atomic mass is 9.91. The summed E-state index contributed by atoms with van der Waals surface area (Å²) in [6.45, 7) is 3.64. The Morgan fingerprint density at radius 2 is 1.65 bits per heavy atom. The molecule has 2 rings (SSSR count). The van der Waals surface area contributed by atoms with Gasteiger partial charge in [-0.2, -0.15) is 5.26 Å². The maximum Gasteiger partial charge on any atom is 0.150 e. The van der Waals surface area contributed by atoms with Crippen molar-refractivity contribution in [1.82, 2.24) is 9.80 Å². The molecule has 17 heavy (non-hydrogen) atoms. The summed E-state index contributed by atoms with van der Waals surface area (Å²) in [6.07, 6.45) is 0.936. The molecule has 0 unspecified atom stereocenters. The Morgan fingerprint density at radius 1 is 1.12 bits per heavy atom. The summed E-state index contributed by atoms with van der Waals surface area (Å²) in [5.74, 6) is 0.319. The van der Waals surface area contributed by atoms with Crippen LogP contribution in [-0.4, -0.2) is 68.5 Å². The van der Waals surface area contributed by atoms with Crippen molar-refractivity contribution in [3.8, 4) is 6.07 Å². The van der Waals surface area contributed by atoms with Crippen LogP contribution >= 0.6 is 0 Å². The van der Waals surface area contributed by atoms with Gasteiger partial charge in [-0.05, 0) is 19.9 Å². The number of nitriles is 1. The normalized spacial score (nSPS) is 29.6. The minimum Gasteiger partial charge on any atom is -0.304 e. The molecule has 0 bridgehead atoms. The monoisotopic (exact) mass is 257 g/mol. The molecule has 0 saturated carbocycles. The van der Waals surface area contributed by atoms with Gasteiger partial charge in [0.1, 0.15) is 5.54 Å². The van der Waals surface area contributed by atoms with Gasteiger partial charge in [-0.3, -0.25) is 4.90 Å². The minimum absolute atomic E-state index is 0.160. The Morgan fingerprint density at radius 3 is 2.12 bits per heavy atom. The van der Waals surface area contributed by atoms with Gasteiger partial charge in [-0.1, -0.05) is 0 Å². The summed E-state index contributed by atoms with van der Waals surface area (Å²) in [4.78, 5) is 4.42. The molecule has 2 aliphatic rings. The van der Waals surface area contributed by atoms with Crippen molar-refractivity contribution >= 4 is 9.84 Å². The van der Waals surface area contributed by atoms with E-state index in [0.29, 0.717) is 12.8 Å². The second-order valence-corrected chi connectivity index (χ2v) is 7.39. The zero-order chi connectivity index (χ0) is 12.5. The quantitative estimate of drug-likeness (QED) is 0.645. The number of hydrogen-bond acceptors (Lipinski definition) is 5. The summed E-state index contributed by atoms with van der Waals surface area (Å²) in [7, 11) is -0.830. The minimum atomic E-state index is -2.90. The maximum absolute atomic E-state index is 11.5. The Bertz CT molecular complexity index is 404. The zero-order valence-corrected chi connectivity index (χ0v) is 11.0. The maximum atomic E-state index is 11.5. The summed E-state index contributed by atoms with van der Waals surface area (Å²) < 4.78 is 22.9. The van der Waals surface area contributed by atoms with Crippen LogP contribution in [0.15, 0.2) is 0 Å². The van der Waals surface area contributed by atoms with Crippen LogP contribution in [0.1, 0.15) is 12.8 Å². The molecule has 0 aromatic heterocycles. The van der Waals surface area contributed by atoms with E-state index in [1.54, 1.807) is 0 Å². The summed E-state index contributed by atoms with van der Waals surface area (Å²) in [5, 5.41) is 9.43. The molecular weight excluding hydrogens is 238 g/mol. The SMILES string of the molecule is CN1CCN(C2(C#N)CCS(=O)(=O)CC2)CC1. The van der Waals surface area contributed by atoms with Crippen molar-refractivity contribution in [2.45, 2.75) is 18.4 Å². The van der Waals surface area contributed by atoms with Crippen molar-refractivity contribution < 1.29 is 8.42 Å². The van der Waals surface area contributed by atoms with Crippen LogP contribution in [0.2, 0.25) is 0 Å². The highest BCUT2D eigenvalue weighted by Crippen LogP contribution is 2.30. The fourth-order valence-electron chi connectivity index (χ4n) is 2.61. The highest BCUT2D eigenvalue weighted by Gasteiger charge is 2.42. The molecule has 96 valence electrons. The van der Waals surface area contributed by atoms with Gasteiger partial charge in [0, 0.05) is 26.2 Å². The Kier molecular flexibility index (Phi) is 3.43. The first-order valence-electron chi connectivity index (χ1n) is 6.03. The van der Waals surface area contributed by atoms with Gasteiger partial charge in [0.25, 0.3) is 0 Å². The zero-order valence-electron chi connectivity index (χ0n) is 10.2. The first kappa shape index (κ1) is 12.8. The number of piperazine rings is 1. The lowest BCUT2D eigenvalue weighted by Gasteiger charge is -2.44. The predicted octanol–water partition coefficient (Wildman–Crippen LogP) is -0.295. The smallest absolute Gasteiger partial charge is 0.150 e. The van der Waals surface area contributed by atoms with E-state index in [9.17, 15) is 13.7 Å². The Labute approximate surface area is 103 Å². The molecule has 0 spiro atoms. The second kappa shape index (κ2) is 4.56. The third-order valence-electron chi connectivity index (χ3n) is 3.97. The van der Waals surface area contributed by atoms with Crippen LogP contribution in [-0.2, 0) is 9.84 Å². The number of sulfone groups is 1. The summed E-state index contributed by atoms with van der Waals surface area (Å²) in [6, 6.07) is 2.38. The average Bonchev–Trinajstić information content (AvgIpc) is 2.31. The van der Waals surface area contributed by atoms with Gasteiger partial charge in [0.05, 0.1) is 17.6 Å². The van der Waals surface area contributed by atoms with E-state index in [4.69, 9.17) is 0 Å². The first-order valence-corrected chi connectivity index (χ1v) is 7.85. The molecule has 2 heterocycles. The van der Waals surface area contributed by atoms with Crippen molar-refractivity contribution in [2.24, 2.45) is 0 Å². The van der Waals surface area contributed by atoms with Crippen molar-refractivity contribution in [3.05, 3.63) is 0 Å². The van der Waals surface area contributed by atoms with Crippen molar-refractivity contribution in [1.29, 1.82) is 5.26 Å². The van der Waals surface area contributed by atoms with E-state index in [-0.39, 0.29) is 11.5 Å². The van der Waals surface area contributed by atoms with Gasteiger partial charge in [0.2, 0.25) is 0 Å². The molecule has 2 aliphatic heterocycles. The predicted molar refractivity (Wildman–Crippen MR) is 65.3 cm³/mol. The molecule has 0 atom stereocenters. The van der Waals surface area contributed by atoms with Gasteiger partial charge in [0.15, 0.2) is 9.84 Å². The first-order chi connectivity index (χ1) is 7.97. The molecule has 5 nitrogen and oxygen atoms in total. The van der Waals surface area contributed by atoms with Crippen LogP contribution in [0.5, 0.6) is 0 Å². The molecule has 6 heteroatoms. The van der Waals surface area contributed by atoms with Gasteiger partial charge >= 0.3 is 0 Å². The molecule has 0 aliphatic carbocycles. The molecule has 0 aromatic rings. The fraction of sp³-hybridized carbons (Fsp3) is 0.909. The van der Waals surface area contributed by atoms with Crippen LogP contribution in [0.25, 0.3) is 0 Å². The molecule has 2 saturated heterocycles. The topological polar surface area (TPSA) is 64.4 Å². The van der Waals surface area contributed by atoms with Crippen LogP contribution < -0.4 is 0 Å². The summed E-state index contributed by atoms with van der Waals surface area (Å²) in [5.41, 5.74) is -0.535. The van der Waals surface area contributed by atoms with E-state index in [1.807, 2.05) is 0 Å². The number of hydrogen-bond donors (Lipinski definition) is 0. The fourth-order valence-corrected chi connectivity index (χ4v) is 4.11. The lowest BCUT2D eigenvalue weighted by molar-refractivity contribution is 0.0671. The number of nitrogens with zero attached hydrogens (tertiary/aromatic N) is 3. The molecule has 0 aromatic carbocycles. The van der Waals surface area contributed by atoms with Crippen molar-refractivity contribution in [3.63, 3.8) is 0 Å². The number of rotatable bonds is 1. The molecular formula is C11H19N3O2S. The second-order valence-electron chi connectivity index (χ2n) is 5.09. The van der Waals surface area contributed by atoms with Crippen LogP contribution in [0, 0.1) is 11.3 Å². The largest absolute Gasteiger partial charge is 0.304 e. The highest BCUT2D eigenvalue weighted by molar-refractivity contribution is 7.91. The molecule has 2 fully saturated rings. The number of likely N-dealkylation sites (N-methyl/N-ethyl adjacent to an activating group) is 1. The van der Waals surface area contributed by atoms with Gasteiger partial charge < -0.3 is 4.90 Å². The lowest BCUT2D eigenvalue weighted by Crippen LogP contribution is -2.58.